The van der Waals surface area contributed by atoms with Crippen LogP contribution in [0.2, 0.25) is 0 Å². The highest BCUT2D eigenvalue weighted by molar-refractivity contribution is 14.1. The Bertz CT molecular complexity index is 512. The largest absolute Gasteiger partial charge is 0.386 e. The highest BCUT2D eigenvalue weighted by Crippen LogP contribution is 2.24. The molecule has 1 atom stereocenters. The van der Waals surface area contributed by atoms with Crippen LogP contribution in [0.1, 0.15) is 16.7 Å². The average Bonchev–Trinajstić information content (AvgIpc) is 2.63. The molecule has 1 unspecified atom stereocenters. The van der Waals surface area contributed by atoms with Crippen LogP contribution in [0.15, 0.2) is 24.4 Å². The number of rotatable bonds is 3. The maximum Gasteiger partial charge on any atom is 0.126 e. The topological polar surface area (TPSA) is 33.1 Å². The van der Waals surface area contributed by atoms with Gasteiger partial charge < -0.3 is 5.11 Å². The van der Waals surface area contributed by atoms with Crippen molar-refractivity contribution >= 4 is 33.9 Å². The van der Waals surface area contributed by atoms with Crippen LogP contribution in [0.3, 0.4) is 0 Å². The molecule has 0 radical (unpaired) electrons. The molecule has 2 rings (SSSR count). The lowest BCUT2D eigenvalue weighted by molar-refractivity contribution is 0.178. The van der Waals surface area contributed by atoms with Crippen molar-refractivity contribution < 1.29 is 13.9 Å². The van der Waals surface area contributed by atoms with Crippen LogP contribution in [0.5, 0.6) is 0 Å². The van der Waals surface area contributed by atoms with Crippen molar-refractivity contribution in [2.75, 3.05) is 0 Å². The zero-order valence-electron chi connectivity index (χ0n) is 8.53. The van der Waals surface area contributed by atoms with E-state index >= 15 is 0 Å². The van der Waals surface area contributed by atoms with E-state index in [1.54, 1.807) is 6.20 Å². The Morgan fingerprint density at radius 3 is 2.47 bits per heavy atom. The van der Waals surface area contributed by atoms with Gasteiger partial charge in [0, 0.05) is 12.5 Å². The maximum atomic E-state index is 12.9. The first-order chi connectivity index (χ1) is 8.04. The van der Waals surface area contributed by atoms with Crippen LogP contribution >= 0.6 is 33.9 Å². The predicted octanol–water partition coefficient (Wildman–Crippen LogP) is 3.30. The number of halogens is 3. The third-order valence-electron chi connectivity index (χ3n) is 2.13. The summed E-state index contributed by atoms with van der Waals surface area (Å²) in [7, 11) is 0. The highest BCUT2D eigenvalue weighted by atomic mass is 127. The normalized spacial score (nSPS) is 12.7. The molecule has 17 heavy (non-hydrogen) atoms. The Kier molecular flexibility index (Phi) is 4.05. The number of benzene rings is 1. The van der Waals surface area contributed by atoms with Gasteiger partial charge in [-0.2, -0.15) is 0 Å². The minimum absolute atomic E-state index is 0.151. The van der Waals surface area contributed by atoms with Crippen LogP contribution in [0, 0.1) is 14.5 Å². The summed E-state index contributed by atoms with van der Waals surface area (Å²) in [6.07, 6.45) is 0.971. The van der Waals surface area contributed by atoms with Gasteiger partial charge in [-0.3, -0.25) is 0 Å². The SMILES string of the molecule is OC(Cc1cc(F)cc(F)c1)c1ncc(I)s1. The van der Waals surface area contributed by atoms with E-state index in [0.29, 0.717) is 10.6 Å². The second-order valence-corrected chi connectivity index (χ2v) is 6.46. The van der Waals surface area contributed by atoms with Crippen molar-refractivity contribution in [1.82, 2.24) is 4.98 Å². The summed E-state index contributed by atoms with van der Waals surface area (Å²) in [5, 5.41) is 10.4. The van der Waals surface area contributed by atoms with Crippen molar-refractivity contribution in [2.24, 2.45) is 0 Å². The van der Waals surface area contributed by atoms with Crippen LogP contribution in [0.4, 0.5) is 8.78 Å². The first-order valence-electron chi connectivity index (χ1n) is 4.79. The van der Waals surface area contributed by atoms with Gasteiger partial charge in [0.25, 0.3) is 0 Å². The molecule has 0 amide bonds. The Morgan fingerprint density at radius 1 is 1.29 bits per heavy atom. The van der Waals surface area contributed by atoms with Gasteiger partial charge in [0.1, 0.15) is 22.7 Å². The molecular weight excluding hydrogens is 359 g/mol. The van der Waals surface area contributed by atoms with E-state index in [9.17, 15) is 13.9 Å². The van der Waals surface area contributed by atoms with E-state index in [4.69, 9.17) is 0 Å². The maximum absolute atomic E-state index is 12.9. The number of aliphatic hydroxyl groups is 1. The predicted molar refractivity (Wildman–Crippen MR) is 69.9 cm³/mol. The van der Waals surface area contributed by atoms with E-state index in [0.717, 1.165) is 8.95 Å². The fraction of sp³-hybridized carbons (Fsp3) is 0.182. The first kappa shape index (κ1) is 12.8. The molecule has 6 heteroatoms. The number of nitrogens with zero attached hydrogens (tertiary/aromatic N) is 1. The molecule has 1 aromatic carbocycles. The van der Waals surface area contributed by atoms with Gasteiger partial charge in [0.15, 0.2) is 0 Å². The van der Waals surface area contributed by atoms with E-state index in [-0.39, 0.29) is 6.42 Å². The van der Waals surface area contributed by atoms with Crippen molar-refractivity contribution in [3.63, 3.8) is 0 Å². The summed E-state index contributed by atoms with van der Waals surface area (Å²) in [6.45, 7) is 0. The minimum atomic E-state index is -0.829. The molecule has 0 spiro atoms. The summed E-state index contributed by atoms with van der Waals surface area (Å²) >= 11 is 3.46. The lowest BCUT2D eigenvalue weighted by Gasteiger charge is -2.07. The smallest absolute Gasteiger partial charge is 0.126 e. The molecule has 0 aliphatic heterocycles. The van der Waals surface area contributed by atoms with Crippen molar-refractivity contribution in [1.29, 1.82) is 0 Å². The summed E-state index contributed by atoms with van der Waals surface area (Å²) in [5.74, 6) is -1.28. The van der Waals surface area contributed by atoms with Crippen LogP contribution in [-0.4, -0.2) is 10.1 Å². The minimum Gasteiger partial charge on any atom is -0.386 e. The fourth-order valence-electron chi connectivity index (χ4n) is 1.46. The van der Waals surface area contributed by atoms with Crippen molar-refractivity contribution in [3.8, 4) is 0 Å². The van der Waals surface area contributed by atoms with E-state index in [2.05, 4.69) is 27.6 Å². The third kappa shape index (κ3) is 3.43. The molecule has 90 valence electrons. The van der Waals surface area contributed by atoms with E-state index < -0.39 is 17.7 Å². The Hall–Kier alpha value is -0.600. The molecule has 2 nitrogen and oxygen atoms in total. The van der Waals surface area contributed by atoms with E-state index in [1.165, 1.54) is 23.5 Å². The van der Waals surface area contributed by atoms with Gasteiger partial charge in [-0.1, -0.05) is 0 Å². The van der Waals surface area contributed by atoms with E-state index in [1.807, 2.05) is 0 Å². The quantitative estimate of drug-likeness (QED) is 0.845. The van der Waals surface area contributed by atoms with Gasteiger partial charge in [-0.25, -0.2) is 13.8 Å². The van der Waals surface area contributed by atoms with Gasteiger partial charge in [0.05, 0.1) is 9.08 Å². The van der Waals surface area contributed by atoms with Gasteiger partial charge in [-0.05, 0) is 40.3 Å². The average molecular weight is 367 g/mol. The lowest BCUT2D eigenvalue weighted by Crippen LogP contribution is -2.02. The molecular formula is C11H8F2INOS. The molecule has 2 aromatic rings. The highest BCUT2D eigenvalue weighted by Gasteiger charge is 2.13. The molecule has 0 aliphatic rings. The number of thiazole rings is 1. The molecule has 0 fully saturated rings. The van der Waals surface area contributed by atoms with Crippen LogP contribution < -0.4 is 0 Å². The molecule has 0 saturated heterocycles. The summed E-state index contributed by atoms with van der Waals surface area (Å²) in [6, 6.07) is 3.23. The standard InChI is InChI=1S/C11H8F2INOS/c12-7-1-6(2-8(13)4-7)3-9(16)11-15-5-10(14)17-11/h1-2,4-5,9,16H,3H2. The summed E-state index contributed by atoms with van der Waals surface area (Å²) in [5.41, 5.74) is 0.417. The zero-order chi connectivity index (χ0) is 12.4. The molecule has 1 aromatic heterocycles. The number of aliphatic hydroxyl groups excluding tert-OH is 1. The fourth-order valence-corrected chi connectivity index (χ4v) is 2.91. The summed E-state index contributed by atoms with van der Waals surface area (Å²) in [4.78, 5) is 4.03. The van der Waals surface area contributed by atoms with Gasteiger partial charge >= 0.3 is 0 Å². The molecule has 0 saturated carbocycles. The first-order valence-corrected chi connectivity index (χ1v) is 6.68. The second kappa shape index (κ2) is 5.36. The zero-order valence-corrected chi connectivity index (χ0v) is 11.5. The van der Waals surface area contributed by atoms with Gasteiger partial charge in [0.2, 0.25) is 0 Å². The number of aromatic nitrogens is 1. The molecule has 1 N–H and O–H groups in total. The summed E-state index contributed by atoms with van der Waals surface area (Å²) < 4.78 is 26.9. The Morgan fingerprint density at radius 2 is 1.94 bits per heavy atom. The number of hydrogen-bond acceptors (Lipinski definition) is 3. The third-order valence-corrected chi connectivity index (χ3v) is 3.96. The van der Waals surface area contributed by atoms with Crippen LogP contribution in [-0.2, 0) is 6.42 Å². The molecule has 0 aliphatic carbocycles. The van der Waals surface area contributed by atoms with Crippen molar-refractivity contribution in [3.05, 3.63) is 49.5 Å². The second-order valence-electron chi connectivity index (χ2n) is 3.50. The Labute approximate surface area is 114 Å². The van der Waals surface area contributed by atoms with Crippen molar-refractivity contribution in [2.45, 2.75) is 12.5 Å². The number of hydrogen-bond donors (Lipinski definition) is 1. The Balaban J connectivity index is 2.15. The molecule has 1 heterocycles. The lowest BCUT2D eigenvalue weighted by atomic mass is 10.1. The monoisotopic (exact) mass is 367 g/mol. The van der Waals surface area contributed by atoms with Crippen LogP contribution in [0.25, 0.3) is 0 Å². The van der Waals surface area contributed by atoms with Gasteiger partial charge in [-0.15, -0.1) is 11.3 Å². The molecule has 0 bridgehead atoms.